The second kappa shape index (κ2) is 4.49. The molecule has 0 aromatic rings. The van der Waals surface area contributed by atoms with Crippen LogP contribution in [0.5, 0.6) is 0 Å². The summed E-state index contributed by atoms with van der Waals surface area (Å²) in [5.74, 6) is 0. The molecule has 1 rings (SSSR count). The number of thiol groups is 1. The summed E-state index contributed by atoms with van der Waals surface area (Å²) in [5, 5.41) is 7.49. The molecule has 0 saturated heterocycles. The third kappa shape index (κ3) is 2.39. The van der Waals surface area contributed by atoms with Gasteiger partial charge >= 0.3 is 8.80 Å². The van der Waals surface area contributed by atoms with Crippen molar-refractivity contribution in [1.82, 2.24) is 0 Å². The van der Waals surface area contributed by atoms with Gasteiger partial charge in [0.1, 0.15) is 6.34 Å². The van der Waals surface area contributed by atoms with Crippen molar-refractivity contribution in [2.75, 3.05) is 21.3 Å². The molecule has 0 radical (unpaired) electrons. The second-order valence-corrected chi connectivity index (χ2v) is 6.37. The molecule has 1 heterocycles. The van der Waals surface area contributed by atoms with Gasteiger partial charge in [0, 0.05) is 21.3 Å². The van der Waals surface area contributed by atoms with E-state index in [1.54, 1.807) is 0 Å². The van der Waals surface area contributed by atoms with E-state index in [0.29, 0.717) is 6.04 Å². The highest BCUT2D eigenvalue weighted by atomic mass is 32.1. The molecule has 14 heavy (non-hydrogen) atoms. The van der Waals surface area contributed by atoms with Gasteiger partial charge in [0.15, 0.2) is 0 Å². The number of hydrogen-bond donors (Lipinski definition) is 1. The van der Waals surface area contributed by atoms with Crippen LogP contribution in [0.4, 0.5) is 0 Å². The lowest BCUT2D eigenvalue weighted by atomic mass is 10.6. The van der Waals surface area contributed by atoms with Crippen LogP contribution in [-0.4, -0.2) is 41.5 Å². The summed E-state index contributed by atoms with van der Waals surface area (Å²) in [6.07, 6.45) is 1.35. The third-order valence-corrected chi connectivity index (χ3v) is 5.37. The van der Waals surface area contributed by atoms with Gasteiger partial charge in [-0.25, -0.2) is 4.99 Å². The van der Waals surface area contributed by atoms with E-state index in [-0.39, 0.29) is 0 Å². The van der Waals surface area contributed by atoms with Crippen molar-refractivity contribution in [2.24, 2.45) is 15.2 Å². The van der Waals surface area contributed by atoms with E-state index in [1.165, 1.54) is 27.7 Å². The summed E-state index contributed by atoms with van der Waals surface area (Å²) < 4.78 is 15.7. The first-order chi connectivity index (χ1) is 6.60. The van der Waals surface area contributed by atoms with Crippen LogP contribution in [0, 0.1) is 0 Å². The van der Waals surface area contributed by atoms with Crippen molar-refractivity contribution in [2.45, 2.75) is 11.0 Å². The zero-order valence-electron chi connectivity index (χ0n) is 8.30. The van der Waals surface area contributed by atoms with E-state index in [4.69, 9.17) is 13.3 Å². The van der Waals surface area contributed by atoms with Crippen molar-refractivity contribution in [3.05, 3.63) is 0 Å². The number of rotatable bonds is 5. The van der Waals surface area contributed by atoms with Crippen molar-refractivity contribution >= 4 is 27.8 Å². The number of hydrogen-bond acceptors (Lipinski definition) is 7. The predicted octanol–water partition coefficient (Wildman–Crippen LogP) is 0.942. The molecule has 0 N–H and O–H groups in total. The fraction of sp³-hybridized carbons (Fsp3) is 0.833. The van der Waals surface area contributed by atoms with Crippen LogP contribution in [0.3, 0.4) is 0 Å². The fourth-order valence-corrected chi connectivity index (χ4v) is 3.46. The molecule has 0 aliphatic carbocycles. The lowest BCUT2D eigenvalue weighted by molar-refractivity contribution is 0.120. The van der Waals surface area contributed by atoms with Crippen molar-refractivity contribution < 1.29 is 13.3 Å². The SMILES string of the molecule is CO[Si](CC1(S)N=CN=N1)(OC)OC. The molecule has 6 nitrogen and oxygen atoms in total. The Hall–Kier alpha value is -0.283. The molecule has 0 fully saturated rings. The quantitative estimate of drug-likeness (QED) is 0.570. The Bertz CT molecular complexity index is 236. The van der Waals surface area contributed by atoms with Crippen LogP contribution >= 0.6 is 12.6 Å². The molecular formula is C6H13N3O3SSi. The molecule has 8 heteroatoms. The fourth-order valence-electron chi connectivity index (χ4n) is 1.10. The zero-order valence-corrected chi connectivity index (χ0v) is 10.2. The summed E-state index contributed by atoms with van der Waals surface area (Å²) in [6, 6.07) is 0.354. The van der Waals surface area contributed by atoms with Gasteiger partial charge in [-0.05, 0) is 0 Å². The Morgan fingerprint density at radius 2 is 1.86 bits per heavy atom. The molecule has 0 aromatic heterocycles. The number of aliphatic imine (C=N–C) groups is 1. The van der Waals surface area contributed by atoms with Crippen molar-refractivity contribution in [1.29, 1.82) is 0 Å². The van der Waals surface area contributed by atoms with E-state index in [1.807, 2.05) is 0 Å². The minimum Gasteiger partial charge on any atom is -0.377 e. The summed E-state index contributed by atoms with van der Waals surface area (Å²) in [5.41, 5.74) is 0. The minimum atomic E-state index is -2.70. The number of azo groups is 1. The monoisotopic (exact) mass is 235 g/mol. The normalized spacial score (nSPS) is 26.0. The maximum Gasteiger partial charge on any atom is 0.505 e. The van der Waals surface area contributed by atoms with E-state index in [0.717, 1.165) is 0 Å². The Balaban J connectivity index is 2.73. The van der Waals surface area contributed by atoms with Crippen molar-refractivity contribution in [3.8, 4) is 0 Å². The van der Waals surface area contributed by atoms with E-state index in [9.17, 15) is 0 Å². The second-order valence-electron chi connectivity index (χ2n) is 2.71. The van der Waals surface area contributed by atoms with Crippen LogP contribution in [0.15, 0.2) is 15.2 Å². The molecule has 0 saturated carbocycles. The third-order valence-electron chi connectivity index (χ3n) is 1.92. The van der Waals surface area contributed by atoms with Crippen LogP contribution in [0.2, 0.25) is 6.04 Å². The Labute approximate surface area is 89.1 Å². The molecule has 1 unspecified atom stereocenters. The first kappa shape index (κ1) is 11.8. The van der Waals surface area contributed by atoms with Crippen LogP contribution in [-0.2, 0) is 13.3 Å². The first-order valence-electron chi connectivity index (χ1n) is 3.93. The summed E-state index contributed by atoms with van der Waals surface area (Å²) in [6.45, 7) is 0. The van der Waals surface area contributed by atoms with Gasteiger partial charge in [0.05, 0.1) is 6.04 Å². The Morgan fingerprint density at radius 3 is 2.21 bits per heavy atom. The van der Waals surface area contributed by atoms with Gasteiger partial charge in [-0.2, -0.15) is 0 Å². The van der Waals surface area contributed by atoms with Crippen LogP contribution < -0.4 is 0 Å². The first-order valence-corrected chi connectivity index (χ1v) is 6.31. The lowest BCUT2D eigenvalue weighted by Crippen LogP contribution is -2.47. The molecule has 1 aliphatic rings. The highest BCUT2D eigenvalue weighted by Gasteiger charge is 2.47. The topological polar surface area (TPSA) is 64.8 Å². The molecular weight excluding hydrogens is 222 g/mol. The molecule has 80 valence electrons. The van der Waals surface area contributed by atoms with E-state index < -0.39 is 13.8 Å². The maximum atomic E-state index is 5.23. The van der Waals surface area contributed by atoms with Gasteiger partial charge in [0.2, 0.25) is 4.99 Å². The van der Waals surface area contributed by atoms with Gasteiger partial charge in [-0.3, -0.25) is 0 Å². The van der Waals surface area contributed by atoms with Gasteiger partial charge in [-0.1, -0.05) is 0 Å². The molecule has 0 bridgehead atoms. The summed E-state index contributed by atoms with van der Waals surface area (Å²) in [4.78, 5) is 3.09. The molecule has 0 aromatic carbocycles. The van der Waals surface area contributed by atoms with Crippen LogP contribution in [0.1, 0.15) is 0 Å². The predicted molar refractivity (Wildman–Crippen MR) is 56.7 cm³/mol. The largest absolute Gasteiger partial charge is 0.505 e. The highest BCUT2D eigenvalue weighted by molar-refractivity contribution is 7.81. The summed E-state index contributed by atoms with van der Waals surface area (Å²) in [7, 11) is 1.90. The Morgan fingerprint density at radius 1 is 1.29 bits per heavy atom. The van der Waals surface area contributed by atoms with Gasteiger partial charge < -0.3 is 13.3 Å². The smallest absolute Gasteiger partial charge is 0.377 e. The molecule has 1 aliphatic heterocycles. The molecule has 1 atom stereocenters. The average molecular weight is 235 g/mol. The average Bonchev–Trinajstić information content (AvgIpc) is 2.62. The number of nitrogens with zero attached hydrogens (tertiary/aromatic N) is 3. The highest BCUT2D eigenvalue weighted by Crippen LogP contribution is 2.33. The van der Waals surface area contributed by atoms with Gasteiger partial charge in [-0.15, -0.1) is 22.9 Å². The zero-order chi connectivity index (χ0) is 10.7. The maximum absolute atomic E-state index is 5.23. The van der Waals surface area contributed by atoms with Crippen molar-refractivity contribution in [3.63, 3.8) is 0 Å². The standard InChI is InChI=1S/C6H13N3O3SSi/c1-10-14(11-2,12-3)4-6(13)7-5-8-9-6/h5,13H,4H2,1-3H3. The van der Waals surface area contributed by atoms with Gasteiger partial charge in [0.25, 0.3) is 0 Å². The molecule has 0 spiro atoms. The minimum absolute atomic E-state index is 0.354. The van der Waals surface area contributed by atoms with E-state index >= 15 is 0 Å². The van der Waals surface area contributed by atoms with E-state index in [2.05, 4.69) is 27.8 Å². The lowest BCUT2D eigenvalue weighted by Gasteiger charge is -2.28. The molecule has 0 amide bonds. The van der Waals surface area contributed by atoms with Crippen LogP contribution in [0.25, 0.3) is 0 Å². The summed E-state index contributed by atoms with van der Waals surface area (Å²) >= 11 is 4.27. The Kier molecular flexibility index (Phi) is 3.78.